The van der Waals surface area contributed by atoms with Crippen LogP contribution in [0.5, 0.6) is 0 Å². The third-order valence-corrected chi connectivity index (χ3v) is 3.35. The number of carboxylic acids is 1. The first-order valence-corrected chi connectivity index (χ1v) is 5.92. The van der Waals surface area contributed by atoms with E-state index >= 15 is 0 Å². The van der Waals surface area contributed by atoms with Crippen LogP contribution in [0, 0.1) is 11.3 Å². The minimum absolute atomic E-state index is 0.0610. The van der Waals surface area contributed by atoms with Gasteiger partial charge in [0.25, 0.3) is 0 Å². The molecule has 0 heterocycles. The number of aliphatic carboxylic acids is 1. The average Bonchev–Trinajstić information content (AvgIpc) is 2.11. The number of carbonyl (C=O) groups is 2. The Morgan fingerprint density at radius 1 is 1.38 bits per heavy atom. The molecule has 16 heavy (non-hydrogen) atoms. The maximum atomic E-state index is 11.4. The molecule has 4 nitrogen and oxygen atoms in total. The molecule has 92 valence electrons. The van der Waals surface area contributed by atoms with E-state index in [0.29, 0.717) is 25.3 Å². The normalized spacial score (nSPS) is 16.6. The number of amides is 1. The fourth-order valence-corrected chi connectivity index (χ4v) is 1.65. The third-order valence-electron chi connectivity index (χ3n) is 3.35. The molecule has 1 rings (SSSR count). The highest BCUT2D eigenvalue weighted by molar-refractivity contribution is 5.76. The smallest absolute Gasteiger partial charge is 0.309 e. The molecule has 0 saturated heterocycles. The first-order valence-electron chi connectivity index (χ1n) is 5.92. The molecule has 0 aromatic carbocycles. The number of carboxylic acid groups (broad SMARTS) is 1. The van der Waals surface area contributed by atoms with E-state index in [1.165, 1.54) is 6.42 Å². The summed E-state index contributed by atoms with van der Waals surface area (Å²) in [6.07, 6.45) is 4.64. The summed E-state index contributed by atoms with van der Waals surface area (Å²) in [6, 6.07) is 0. The molecule has 1 saturated carbocycles. The molecule has 1 aliphatic carbocycles. The summed E-state index contributed by atoms with van der Waals surface area (Å²) >= 11 is 0. The second-order valence-corrected chi connectivity index (χ2v) is 5.29. The fourth-order valence-electron chi connectivity index (χ4n) is 1.65. The molecule has 2 N–H and O–H groups in total. The first-order chi connectivity index (χ1) is 7.42. The van der Waals surface area contributed by atoms with Gasteiger partial charge in [-0.2, -0.15) is 0 Å². The van der Waals surface area contributed by atoms with Crippen LogP contribution in [-0.4, -0.2) is 23.5 Å². The third kappa shape index (κ3) is 3.83. The molecule has 1 fully saturated rings. The van der Waals surface area contributed by atoms with E-state index in [2.05, 4.69) is 5.32 Å². The van der Waals surface area contributed by atoms with Gasteiger partial charge in [-0.05, 0) is 39.0 Å². The van der Waals surface area contributed by atoms with Crippen molar-refractivity contribution in [3.63, 3.8) is 0 Å². The predicted molar refractivity (Wildman–Crippen MR) is 61.0 cm³/mol. The summed E-state index contributed by atoms with van der Waals surface area (Å²) in [6.45, 7) is 3.80. The molecule has 0 bridgehead atoms. The maximum absolute atomic E-state index is 11.4. The van der Waals surface area contributed by atoms with Crippen molar-refractivity contribution in [3.05, 3.63) is 0 Å². The second-order valence-electron chi connectivity index (χ2n) is 5.29. The highest BCUT2D eigenvalue weighted by Crippen LogP contribution is 2.29. The molecule has 4 heteroatoms. The zero-order valence-electron chi connectivity index (χ0n) is 10.1. The van der Waals surface area contributed by atoms with Gasteiger partial charge in [0.2, 0.25) is 5.91 Å². The Kier molecular flexibility index (Phi) is 4.33. The van der Waals surface area contributed by atoms with Crippen LogP contribution < -0.4 is 5.32 Å². The Bertz CT molecular complexity index is 269. The summed E-state index contributed by atoms with van der Waals surface area (Å²) < 4.78 is 0. The molecular weight excluding hydrogens is 206 g/mol. The van der Waals surface area contributed by atoms with Crippen LogP contribution in [0.25, 0.3) is 0 Å². The minimum atomic E-state index is -0.819. The Hall–Kier alpha value is -1.06. The Balaban J connectivity index is 2.14. The van der Waals surface area contributed by atoms with E-state index in [4.69, 9.17) is 5.11 Å². The summed E-state index contributed by atoms with van der Waals surface area (Å²) in [7, 11) is 0. The molecular formula is C12H21NO3. The van der Waals surface area contributed by atoms with Crippen LogP contribution in [0.15, 0.2) is 0 Å². The Morgan fingerprint density at radius 3 is 2.44 bits per heavy atom. The lowest BCUT2D eigenvalue weighted by Gasteiger charge is -2.25. The highest BCUT2D eigenvalue weighted by Gasteiger charge is 2.27. The topological polar surface area (TPSA) is 66.4 Å². The van der Waals surface area contributed by atoms with Crippen LogP contribution >= 0.6 is 0 Å². The van der Waals surface area contributed by atoms with Crippen molar-refractivity contribution in [1.29, 1.82) is 0 Å². The molecule has 0 aromatic rings. The lowest BCUT2D eigenvalue weighted by atomic mass is 9.83. The minimum Gasteiger partial charge on any atom is -0.481 e. The number of carbonyl (C=O) groups excluding carboxylic acids is 1. The predicted octanol–water partition coefficient (Wildman–Crippen LogP) is 1.79. The van der Waals surface area contributed by atoms with Gasteiger partial charge in [0.15, 0.2) is 0 Å². The van der Waals surface area contributed by atoms with Crippen molar-refractivity contribution < 1.29 is 14.7 Å². The Morgan fingerprint density at radius 2 is 2.00 bits per heavy atom. The number of rotatable bonds is 6. The highest BCUT2D eigenvalue weighted by atomic mass is 16.4. The van der Waals surface area contributed by atoms with Crippen LogP contribution in [-0.2, 0) is 9.59 Å². The standard InChI is InChI=1S/C12H21NO3/c1-12(2,11(15)16)6-7-13-10(14)8-9-4-3-5-9/h9H,3-8H2,1-2H3,(H,13,14)(H,15,16). The van der Waals surface area contributed by atoms with E-state index in [-0.39, 0.29) is 5.91 Å². The number of hydrogen-bond acceptors (Lipinski definition) is 2. The van der Waals surface area contributed by atoms with Crippen molar-refractivity contribution in [3.8, 4) is 0 Å². The van der Waals surface area contributed by atoms with Crippen molar-refractivity contribution >= 4 is 11.9 Å². The van der Waals surface area contributed by atoms with E-state index < -0.39 is 11.4 Å². The van der Waals surface area contributed by atoms with Gasteiger partial charge in [-0.3, -0.25) is 9.59 Å². The summed E-state index contributed by atoms with van der Waals surface area (Å²) in [5.41, 5.74) is -0.760. The molecule has 1 amide bonds. The van der Waals surface area contributed by atoms with Gasteiger partial charge in [-0.25, -0.2) is 0 Å². The first kappa shape index (κ1) is 13.0. The van der Waals surface area contributed by atoms with Crippen molar-refractivity contribution in [2.45, 2.75) is 46.0 Å². The zero-order chi connectivity index (χ0) is 12.2. The van der Waals surface area contributed by atoms with Gasteiger partial charge in [0, 0.05) is 13.0 Å². The van der Waals surface area contributed by atoms with Crippen LogP contribution in [0.3, 0.4) is 0 Å². The van der Waals surface area contributed by atoms with Gasteiger partial charge < -0.3 is 10.4 Å². The largest absolute Gasteiger partial charge is 0.481 e. The van der Waals surface area contributed by atoms with Crippen LogP contribution in [0.1, 0.15) is 46.0 Å². The number of nitrogens with one attached hydrogen (secondary N) is 1. The number of hydrogen-bond donors (Lipinski definition) is 2. The van der Waals surface area contributed by atoms with Gasteiger partial charge >= 0.3 is 5.97 Å². The fraction of sp³-hybridized carbons (Fsp3) is 0.833. The molecule has 0 radical (unpaired) electrons. The van der Waals surface area contributed by atoms with E-state index in [1.807, 2.05) is 0 Å². The molecule has 0 spiro atoms. The van der Waals surface area contributed by atoms with Crippen molar-refractivity contribution in [2.75, 3.05) is 6.54 Å². The van der Waals surface area contributed by atoms with E-state index in [1.54, 1.807) is 13.8 Å². The lowest BCUT2D eigenvalue weighted by Crippen LogP contribution is -2.33. The molecule has 0 atom stereocenters. The van der Waals surface area contributed by atoms with Gasteiger partial charge in [-0.15, -0.1) is 0 Å². The molecule has 1 aliphatic rings. The summed E-state index contributed by atoms with van der Waals surface area (Å²) in [5, 5.41) is 11.7. The van der Waals surface area contributed by atoms with E-state index in [0.717, 1.165) is 12.8 Å². The van der Waals surface area contributed by atoms with Crippen molar-refractivity contribution in [1.82, 2.24) is 5.32 Å². The van der Waals surface area contributed by atoms with E-state index in [9.17, 15) is 9.59 Å². The zero-order valence-corrected chi connectivity index (χ0v) is 10.1. The van der Waals surface area contributed by atoms with Crippen molar-refractivity contribution in [2.24, 2.45) is 11.3 Å². The van der Waals surface area contributed by atoms with Crippen LogP contribution in [0.4, 0.5) is 0 Å². The molecule has 0 aromatic heterocycles. The van der Waals surface area contributed by atoms with Gasteiger partial charge in [0.1, 0.15) is 0 Å². The monoisotopic (exact) mass is 227 g/mol. The summed E-state index contributed by atoms with van der Waals surface area (Å²) in [5.74, 6) is -0.195. The summed E-state index contributed by atoms with van der Waals surface area (Å²) in [4.78, 5) is 22.3. The quantitative estimate of drug-likeness (QED) is 0.727. The Labute approximate surface area is 96.4 Å². The maximum Gasteiger partial charge on any atom is 0.309 e. The second kappa shape index (κ2) is 5.32. The van der Waals surface area contributed by atoms with Gasteiger partial charge in [0.05, 0.1) is 5.41 Å². The molecule has 0 unspecified atom stereocenters. The van der Waals surface area contributed by atoms with Crippen LogP contribution in [0.2, 0.25) is 0 Å². The lowest BCUT2D eigenvalue weighted by molar-refractivity contribution is -0.147. The SMILES string of the molecule is CC(C)(CCNC(=O)CC1CCC1)C(=O)O. The van der Waals surface area contributed by atoms with Gasteiger partial charge in [-0.1, -0.05) is 6.42 Å². The average molecular weight is 227 g/mol. The molecule has 0 aliphatic heterocycles.